The summed E-state index contributed by atoms with van der Waals surface area (Å²) in [5, 5.41) is 0. The Bertz CT molecular complexity index is 668. The predicted molar refractivity (Wildman–Crippen MR) is 87.1 cm³/mol. The zero-order chi connectivity index (χ0) is 16.3. The van der Waals surface area contributed by atoms with Crippen molar-refractivity contribution in [2.75, 3.05) is 5.73 Å². The van der Waals surface area contributed by atoms with Gasteiger partial charge < -0.3 is 21.9 Å². The normalized spacial score (nSPS) is 13.4. The van der Waals surface area contributed by atoms with Crippen LogP contribution in [0.5, 0.6) is 0 Å². The smallest absolute Gasteiger partial charge is 0.405 e. The third-order valence-corrected chi connectivity index (χ3v) is 3.64. The van der Waals surface area contributed by atoms with Crippen LogP contribution in [0.1, 0.15) is 41.3 Å². The first kappa shape index (κ1) is 15.9. The van der Waals surface area contributed by atoms with E-state index >= 15 is 0 Å². The van der Waals surface area contributed by atoms with Gasteiger partial charge in [0.15, 0.2) is 0 Å². The van der Waals surface area contributed by atoms with E-state index in [1.165, 1.54) is 5.56 Å². The lowest BCUT2D eigenvalue weighted by molar-refractivity contribution is 0.117. The molecule has 0 spiro atoms. The Labute approximate surface area is 130 Å². The lowest BCUT2D eigenvalue weighted by Crippen LogP contribution is -2.17. The van der Waals surface area contributed by atoms with Gasteiger partial charge in [-0.3, -0.25) is 0 Å². The Morgan fingerprint density at radius 3 is 2.23 bits per heavy atom. The number of nitrogen functional groups attached to an aromatic ring is 1. The van der Waals surface area contributed by atoms with Crippen LogP contribution in [0, 0.1) is 6.92 Å². The average Bonchev–Trinajstić information content (AvgIpc) is 2.46. The quantitative estimate of drug-likeness (QED) is 0.755. The molecule has 0 radical (unpaired) electrons. The number of benzene rings is 2. The highest BCUT2D eigenvalue weighted by Crippen LogP contribution is 2.28. The largest absolute Gasteiger partial charge is 0.442 e. The molecule has 0 fully saturated rings. The molecule has 2 aromatic rings. The van der Waals surface area contributed by atoms with Crippen LogP contribution in [-0.4, -0.2) is 6.09 Å². The van der Waals surface area contributed by atoms with Crippen LogP contribution in [0.4, 0.5) is 10.5 Å². The minimum Gasteiger partial charge on any atom is -0.442 e. The second-order valence-electron chi connectivity index (χ2n) is 5.36. The highest BCUT2D eigenvalue weighted by atomic mass is 16.6. The minimum atomic E-state index is -0.827. The number of ether oxygens (including phenoxy) is 1. The first-order valence-corrected chi connectivity index (χ1v) is 7.06. The molecule has 0 saturated carbocycles. The molecule has 5 nitrogen and oxygen atoms in total. The predicted octanol–water partition coefficient (Wildman–Crippen LogP) is 2.78. The molecule has 0 aromatic heterocycles. The molecule has 0 aliphatic heterocycles. The van der Waals surface area contributed by atoms with Crippen molar-refractivity contribution in [1.29, 1.82) is 0 Å². The Morgan fingerprint density at radius 2 is 1.68 bits per heavy atom. The third kappa shape index (κ3) is 3.56. The topological polar surface area (TPSA) is 104 Å². The van der Waals surface area contributed by atoms with Crippen LogP contribution >= 0.6 is 0 Å². The Hall–Kier alpha value is -2.53. The lowest BCUT2D eigenvalue weighted by atomic mass is 9.96. The monoisotopic (exact) mass is 299 g/mol. The minimum absolute atomic E-state index is 0.260. The van der Waals surface area contributed by atoms with E-state index in [2.05, 4.69) is 0 Å². The molecule has 0 aliphatic rings. The van der Waals surface area contributed by atoms with Crippen molar-refractivity contribution in [3.05, 3.63) is 64.7 Å². The number of carbonyl (C=O) groups is 1. The molecule has 22 heavy (non-hydrogen) atoms. The molecule has 0 saturated heterocycles. The standard InChI is InChI=1S/C17H21N3O2/c1-10-3-5-12(6-4-10)16(19)13-7-8-14(15(18)9-13)11(2)22-17(20)21/h3-9,11,16H,18-19H2,1-2H3,(H2,20,21). The van der Waals surface area contributed by atoms with E-state index in [0.29, 0.717) is 11.3 Å². The van der Waals surface area contributed by atoms with Gasteiger partial charge >= 0.3 is 6.09 Å². The molecular weight excluding hydrogens is 278 g/mol. The summed E-state index contributed by atoms with van der Waals surface area (Å²) in [5.41, 5.74) is 21.7. The molecule has 0 heterocycles. The maximum Gasteiger partial charge on any atom is 0.405 e. The number of rotatable bonds is 4. The van der Waals surface area contributed by atoms with Crippen molar-refractivity contribution in [2.24, 2.45) is 11.5 Å². The van der Waals surface area contributed by atoms with Crippen LogP contribution in [0.2, 0.25) is 0 Å². The fourth-order valence-electron chi connectivity index (χ4n) is 2.36. The van der Waals surface area contributed by atoms with E-state index in [1.54, 1.807) is 13.0 Å². The van der Waals surface area contributed by atoms with Crippen LogP contribution in [0.15, 0.2) is 42.5 Å². The summed E-state index contributed by atoms with van der Waals surface area (Å²) in [4.78, 5) is 10.8. The summed E-state index contributed by atoms with van der Waals surface area (Å²) in [6.07, 6.45) is -1.32. The molecular formula is C17H21N3O2. The number of anilines is 1. The summed E-state index contributed by atoms with van der Waals surface area (Å²) in [6.45, 7) is 3.75. The SMILES string of the molecule is Cc1ccc(C(N)c2ccc(C(C)OC(N)=O)c(N)c2)cc1. The maximum absolute atomic E-state index is 10.8. The van der Waals surface area contributed by atoms with Gasteiger partial charge in [-0.15, -0.1) is 0 Å². The van der Waals surface area contributed by atoms with Gasteiger partial charge in [-0.1, -0.05) is 42.0 Å². The van der Waals surface area contributed by atoms with Gasteiger partial charge in [0.1, 0.15) is 6.10 Å². The van der Waals surface area contributed by atoms with Crippen molar-refractivity contribution in [3.8, 4) is 0 Å². The van der Waals surface area contributed by atoms with Gasteiger partial charge in [0, 0.05) is 11.3 Å². The van der Waals surface area contributed by atoms with Gasteiger partial charge in [-0.25, -0.2) is 4.79 Å². The van der Waals surface area contributed by atoms with Gasteiger partial charge in [0.05, 0.1) is 6.04 Å². The zero-order valence-corrected chi connectivity index (χ0v) is 12.7. The Kier molecular flexibility index (Phi) is 4.68. The summed E-state index contributed by atoms with van der Waals surface area (Å²) in [7, 11) is 0. The van der Waals surface area contributed by atoms with Gasteiger partial charge in [0.2, 0.25) is 0 Å². The van der Waals surface area contributed by atoms with E-state index in [9.17, 15) is 4.79 Å². The summed E-state index contributed by atoms with van der Waals surface area (Å²) >= 11 is 0. The molecule has 5 heteroatoms. The first-order valence-electron chi connectivity index (χ1n) is 7.06. The highest BCUT2D eigenvalue weighted by Gasteiger charge is 2.15. The van der Waals surface area contributed by atoms with Crippen LogP contribution < -0.4 is 17.2 Å². The Morgan fingerprint density at radius 1 is 1.09 bits per heavy atom. The first-order chi connectivity index (χ1) is 10.4. The molecule has 116 valence electrons. The Balaban J connectivity index is 2.24. The van der Waals surface area contributed by atoms with Crippen molar-refractivity contribution in [2.45, 2.75) is 26.0 Å². The highest BCUT2D eigenvalue weighted by molar-refractivity contribution is 5.65. The molecule has 0 aliphatic carbocycles. The number of aryl methyl sites for hydroxylation is 1. The van der Waals surface area contributed by atoms with Gasteiger partial charge in [-0.05, 0) is 31.0 Å². The number of hydrogen-bond acceptors (Lipinski definition) is 4. The molecule has 2 aromatic carbocycles. The number of hydrogen-bond donors (Lipinski definition) is 3. The summed E-state index contributed by atoms with van der Waals surface area (Å²) in [5.74, 6) is 0. The average molecular weight is 299 g/mol. The molecule has 2 unspecified atom stereocenters. The van der Waals surface area contributed by atoms with Crippen LogP contribution in [0.25, 0.3) is 0 Å². The van der Waals surface area contributed by atoms with E-state index < -0.39 is 12.2 Å². The van der Waals surface area contributed by atoms with E-state index in [-0.39, 0.29) is 6.04 Å². The summed E-state index contributed by atoms with van der Waals surface area (Å²) in [6, 6.07) is 13.3. The maximum atomic E-state index is 10.8. The van der Waals surface area contributed by atoms with Crippen molar-refractivity contribution in [3.63, 3.8) is 0 Å². The van der Waals surface area contributed by atoms with Crippen molar-refractivity contribution < 1.29 is 9.53 Å². The molecule has 6 N–H and O–H groups in total. The number of amides is 1. The third-order valence-electron chi connectivity index (χ3n) is 3.64. The fraction of sp³-hybridized carbons (Fsp3) is 0.235. The van der Waals surface area contributed by atoms with Crippen molar-refractivity contribution in [1.82, 2.24) is 0 Å². The molecule has 0 bridgehead atoms. The van der Waals surface area contributed by atoms with E-state index in [0.717, 1.165) is 11.1 Å². The zero-order valence-electron chi connectivity index (χ0n) is 12.7. The number of carbonyl (C=O) groups excluding carboxylic acids is 1. The van der Waals surface area contributed by atoms with Gasteiger partial charge in [-0.2, -0.15) is 0 Å². The van der Waals surface area contributed by atoms with E-state index in [4.69, 9.17) is 21.9 Å². The molecule has 2 rings (SSSR count). The second kappa shape index (κ2) is 6.49. The molecule has 2 atom stereocenters. The van der Waals surface area contributed by atoms with Crippen LogP contribution in [-0.2, 0) is 4.74 Å². The lowest BCUT2D eigenvalue weighted by Gasteiger charge is -2.18. The van der Waals surface area contributed by atoms with Crippen molar-refractivity contribution >= 4 is 11.8 Å². The van der Waals surface area contributed by atoms with E-state index in [1.807, 2.05) is 43.3 Å². The van der Waals surface area contributed by atoms with Crippen LogP contribution in [0.3, 0.4) is 0 Å². The number of nitrogens with two attached hydrogens (primary N) is 3. The fourth-order valence-corrected chi connectivity index (χ4v) is 2.36. The second-order valence-corrected chi connectivity index (χ2v) is 5.36. The summed E-state index contributed by atoms with van der Waals surface area (Å²) < 4.78 is 4.94. The number of primary amides is 1. The van der Waals surface area contributed by atoms with Gasteiger partial charge in [0.25, 0.3) is 0 Å². The molecule has 1 amide bonds.